The molecule has 0 saturated carbocycles. The van der Waals surface area contributed by atoms with Crippen LogP contribution in [0.2, 0.25) is 0 Å². The maximum atomic E-state index is 5.70. The summed E-state index contributed by atoms with van der Waals surface area (Å²) in [5, 5.41) is 3.40. The highest BCUT2D eigenvalue weighted by Gasteiger charge is 2.23. The van der Waals surface area contributed by atoms with E-state index in [1.54, 1.807) is 0 Å². The van der Waals surface area contributed by atoms with Crippen LogP contribution in [0.4, 0.5) is 0 Å². The summed E-state index contributed by atoms with van der Waals surface area (Å²) in [5.41, 5.74) is 1.29. The molecule has 0 aromatic heterocycles. The van der Waals surface area contributed by atoms with E-state index in [0.29, 0.717) is 19.3 Å². The van der Waals surface area contributed by atoms with Gasteiger partial charge in [-0.15, -0.1) is 6.58 Å². The predicted octanol–water partition coefficient (Wildman–Crippen LogP) is 1.98. The Labute approximate surface area is 120 Å². The van der Waals surface area contributed by atoms with E-state index >= 15 is 0 Å². The summed E-state index contributed by atoms with van der Waals surface area (Å²) in [6, 6.07) is 6.70. The molecule has 1 aromatic carbocycles. The van der Waals surface area contributed by atoms with Crippen LogP contribution in [-0.4, -0.2) is 44.3 Å². The molecule has 2 aliphatic heterocycles. The maximum Gasteiger partial charge on any atom is 0.161 e. The van der Waals surface area contributed by atoms with Crippen LogP contribution in [-0.2, 0) is 0 Å². The van der Waals surface area contributed by atoms with Gasteiger partial charge in [0.05, 0.1) is 0 Å². The summed E-state index contributed by atoms with van der Waals surface area (Å²) in [5.74, 6) is 1.73. The highest BCUT2D eigenvalue weighted by molar-refractivity contribution is 5.44. The monoisotopic (exact) mass is 274 g/mol. The number of fused-ring (bicyclic) bond motifs is 1. The molecule has 1 aromatic rings. The van der Waals surface area contributed by atoms with Crippen molar-refractivity contribution in [2.75, 3.05) is 39.4 Å². The number of hydrogen-bond donors (Lipinski definition) is 1. The Bertz CT molecular complexity index is 470. The van der Waals surface area contributed by atoms with Gasteiger partial charge in [-0.05, 0) is 24.1 Å². The van der Waals surface area contributed by atoms with E-state index in [1.165, 1.54) is 5.56 Å². The highest BCUT2D eigenvalue weighted by atomic mass is 16.6. The van der Waals surface area contributed by atoms with Gasteiger partial charge in [0.25, 0.3) is 0 Å². The zero-order chi connectivity index (χ0) is 13.8. The lowest BCUT2D eigenvalue weighted by molar-refractivity contribution is 0.165. The topological polar surface area (TPSA) is 33.7 Å². The van der Waals surface area contributed by atoms with Gasteiger partial charge in [-0.3, -0.25) is 4.90 Å². The molecular weight excluding hydrogens is 252 g/mol. The molecule has 1 atom stereocenters. The van der Waals surface area contributed by atoms with Crippen LogP contribution in [0.3, 0.4) is 0 Å². The normalized spacial score (nSPS) is 20.4. The van der Waals surface area contributed by atoms with Crippen molar-refractivity contribution in [3.05, 3.63) is 36.4 Å². The standard InChI is InChI=1S/C16H22N2O2/c1-2-3-14(18-8-6-17-7-9-18)13-4-5-15-16(12-13)20-11-10-19-15/h2,4-5,12,14,17H,1,3,6-11H2/t14-/m0/s1. The maximum absolute atomic E-state index is 5.70. The third-order valence-electron chi connectivity index (χ3n) is 3.93. The van der Waals surface area contributed by atoms with E-state index in [0.717, 1.165) is 44.1 Å². The second kappa shape index (κ2) is 6.29. The summed E-state index contributed by atoms with van der Waals surface area (Å²) >= 11 is 0. The average Bonchev–Trinajstić information content (AvgIpc) is 2.53. The van der Waals surface area contributed by atoms with Crippen molar-refractivity contribution >= 4 is 0 Å². The van der Waals surface area contributed by atoms with E-state index in [4.69, 9.17) is 9.47 Å². The Balaban J connectivity index is 1.84. The summed E-state index contributed by atoms with van der Waals surface area (Å²) in [4.78, 5) is 2.52. The Hall–Kier alpha value is -1.52. The molecule has 4 heteroatoms. The SMILES string of the molecule is C=CC[C@@H](c1ccc2c(c1)OCCO2)N1CCNCC1. The van der Waals surface area contributed by atoms with Crippen molar-refractivity contribution in [1.29, 1.82) is 0 Å². The minimum Gasteiger partial charge on any atom is -0.486 e. The van der Waals surface area contributed by atoms with Gasteiger partial charge in [0.1, 0.15) is 13.2 Å². The fourth-order valence-corrected chi connectivity index (χ4v) is 2.91. The number of rotatable bonds is 4. The van der Waals surface area contributed by atoms with Gasteiger partial charge in [0, 0.05) is 32.2 Å². The van der Waals surface area contributed by atoms with Crippen LogP contribution in [0, 0.1) is 0 Å². The molecule has 0 unspecified atom stereocenters. The lowest BCUT2D eigenvalue weighted by Gasteiger charge is -2.35. The smallest absolute Gasteiger partial charge is 0.161 e. The lowest BCUT2D eigenvalue weighted by Crippen LogP contribution is -2.45. The minimum absolute atomic E-state index is 0.380. The fourth-order valence-electron chi connectivity index (χ4n) is 2.91. The first-order valence-corrected chi connectivity index (χ1v) is 7.33. The molecule has 0 aliphatic carbocycles. The Morgan fingerprint density at radius 3 is 2.70 bits per heavy atom. The van der Waals surface area contributed by atoms with Crippen molar-refractivity contribution in [1.82, 2.24) is 10.2 Å². The summed E-state index contributed by atoms with van der Waals surface area (Å²) in [6.45, 7) is 9.44. The second-order valence-corrected chi connectivity index (χ2v) is 5.23. The van der Waals surface area contributed by atoms with Gasteiger partial charge < -0.3 is 14.8 Å². The third kappa shape index (κ3) is 2.81. The molecule has 20 heavy (non-hydrogen) atoms. The number of ether oxygens (including phenoxy) is 2. The lowest BCUT2D eigenvalue weighted by atomic mass is 10.0. The quantitative estimate of drug-likeness (QED) is 0.851. The Kier molecular flexibility index (Phi) is 4.23. The molecule has 3 rings (SSSR count). The first-order chi connectivity index (χ1) is 9.88. The predicted molar refractivity (Wildman–Crippen MR) is 79.4 cm³/mol. The van der Waals surface area contributed by atoms with Gasteiger partial charge in [-0.1, -0.05) is 12.1 Å². The first-order valence-electron chi connectivity index (χ1n) is 7.33. The molecule has 4 nitrogen and oxygen atoms in total. The van der Waals surface area contributed by atoms with E-state index in [9.17, 15) is 0 Å². The Morgan fingerprint density at radius 1 is 1.20 bits per heavy atom. The molecule has 0 spiro atoms. The van der Waals surface area contributed by atoms with Crippen molar-refractivity contribution in [2.24, 2.45) is 0 Å². The molecule has 108 valence electrons. The van der Waals surface area contributed by atoms with Crippen LogP contribution < -0.4 is 14.8 Å². The fraction of sp³-hybridized carbons (Fsp3) is 0.500. The molecule has 2 heterocycles. The Morgan fingerprint density at radius 2 is 1.95 bits per heavy atom. The number of hydrogen-bond acceptors (Lipinski definition) is 4. The van der Waals surface area contributed by atoms with Crippen LogP contribution >= 0.6 is 0 Å². The molecule has 2 aliphatic rings. The van der Waals surface area contributed by atoms with E-state index in [2.05, 4.69) is 28.9 Å². The number of benzene rings is 1. The third-order valence-corrected chi connectivity index (χ3v) is 3.93. The van der Waals surface area contributed by atoms with Crippen LogP contribution in [0.15, 0.2) is 30.9 Å². The summed E-state index contributed by atoms with van der Waals surface area (Å²) in [6.07, 6.45) is 2.96. The molecule has 0 radical (unpaired) electrons. The van der Waals surface area contributed by atoms with Gasteiger partial charge in [-0.25, -0.2) is 0 Å². The van der Waals surface area contributed by atoms with Crippen molar-refractivity contribution in [3.63, 3.8) is 0 Å². The first kappa shape index (κ1) is 13.5. The molecule has 1 N–H and O–H groups in total. The van der Waals surface area contributed by atoms with Gasteiger partial charge in [0.2, 0.25) is 0 Å². The van der Waals surface area contributed by atoms with Crippen molar-refractivity contribution in [3.8, 4) is 11.5 Å². The average molecular weight is 274 g/mol. The second-order valence-electron chi connectivity index (χ2n) is 5.23. The van der Waals surface area contributed by atoms with E-state index < -0.39 is 0 Å². The van der Waals surface area contributed by atoms with Crippen molar-refractivity contribution in [2.45, 2.75) is 12.5 Å². The highest BCUT2D eigenvalue weighted by Crippen LogP contribution is 2.35. The molecular formula is C16H22N2O2. The molecule has 1 saturated heterocycles. The van der Waals surface area contributed by atoms with Crippen molar-refractivity contribution < 1.29 is 9.47 Å². The number of nitrogens with one attached hydrogen (secondary N) is 1. The largest absolute Gasteiger partial charge is 0.486 e. The van der Waals surface area contributed by atoms with E-state index in [-0.39, 0.29) is 0 Å². The minimum atomic E-state index is 0.380. The number of nitrogens with zero attached hydrogens (tertiary/aromatic N) is 1. The zero-order valence-electron chi connectivity index (χ0n) is 11.8. The van der Waals surface area contributed by atoms with E-state index in [1.807, 2.05) is 12.1 Å². The number of piperazine rings is 1. The zero-order valence-corrected chi connectivity index (χ0v) is 11.8. The van der Waals surface area contributed by atoms with Gasteiger partial charge in [0.15, 0.2) is 11.5 Å². The van der Waals surface area contributed by atoms with Crippen LogP contribution in [0.1, 0.15) is 18.0 Å². The molecule has 0 bridgehead atoms. The molecule has 0 amide bonds. The van der Waals surface area contributed by atoms with Gasteiger partial charge in [-0.2, -0.15) is 0 Å². The van der Waals surface area contributed by atoms with Crippen LogP contribution in [0.5, 0.6) is 11.5 Å². The summed E-state index contributed by atoms with van der Waals surface area (Å²) < 4.78 is 11.3. The van der Waals surface area contributed by atoms with Crippen LogP contribution in [0.25, 0.3) is 0 Å². The van der Waals surface area contributed by atoms with Gasteiger partial charge >= 0.3 is 0 Å². The summed E-state index contributed by atoms with van der Waals surface area (Å²) in [7, 11) is 0. The molecule has 1 fully saturated rings.